The topological polar surface area (TPSA) is 24.4 Å². The Labute approximate surface area is 112 Å². The zero-order valence-electron chi connectivity index (χ0n) is 10.2. The van der Waals surface area contributed by atoms with Crippen molar-refractivity contribution in [2.45, 2.75) is 6.18 Å². The Morgan fingerprint density at radius 3 is 2.25 bits per heavy atom. The summed E-state index contributed by atoms with van der Waals surface area (Å²) in [5.41, 5.74) is 2.21. The minimum Gasteiger partial charge on any atom is -0.279 e. The lowest BCUT2D eigenvalue weighted by Gasteiger charge is -2.09. The van der Waals surface area contributed by atoms with E-state index in [0.717, 1.165) is 12.3 Å². The van der Waals surface area contributed by atoms with Gasteiger partial charge in [-0.1, -0.05) is 18.2 Å². The molecular weight excluding hydrogens is 272 g/mol. The van der Waals surface area contributed by atoms with Crippen LogP contribution in [0.4, 0.5) is 23.2 Å². The molecule has 0 aliphatic rings. The van der Waals surface area contributed by atoms with E-state index in [-0.39, 0.29) is 5.56 Å². The minimum atomic E-state index is -4.43. The number of halogens is 4. The zero-order chi connectivity index (χ0) is 14.6. The summed E-state index contributed by atoms with van der Waals surface area (Å²) in [6.45, 7) is 0. The van der Waals surface area contributed by atoms with Gasteiger partial charge in [-0.25, -0.2) is 4.39 Å². The van der Waals surface area contributed by atoms with Crippen molar-refractivity contribution in [1.82, 2.24) is 0 Å². The molecular formula is C14H10F4N2. The highest BCUT2D eigenvalue weighted by Crippen LogP contribution is 2.31. The molecule has 104 valence electrons. The summed E-state index contributed by atoms with van der Waals surface area (Å²) in [4.78, 5) is 0. The Hall–Kier alpha value is -2.37. The van der Waals surface area contributed by atoms with Gasteiger partial charge in [-0.05, 0) is 30.3 Å². The molecule has 20 heavy (non-hydrogen) atoms. The molecule has 0 radical (unpaired) electrons. The average Bonchev–Trinajstić information content (AvgIpc) is 2.40. The average molecular weight is 282 g/mol. The van der Waals surface area contributed by atoms with E-state index in [0.29, 0.717) is 5.69 Å². The van der Waals surface area contributed by atoms with Crippen molar-refractivity contribution in [2.24, 2.45) is 5.10 Å². The molecule has 0 atom stereocenters. The first-order valence-electron chi connectivity index (χ1n) is 5.68. The Morgan fingerprint density at radius 1 is 0.950 bits per heavy atom. The summed E-state index contributed by atoms with van der Waals surface area (Å²) in [7, 11) is 0. The van der Waals surface area contributed by atoms with Crippen molar-refractivity contribution in [2.75, 3.05) is 5.43 Å². The molecule has 6 heteroatoms. The lowest BCUT2D eigenvalue weighted by molar-refractivity contribution is -0.137. The first kappa shape index (κ1) is 14.0. The molecule has 0 aromatic heterocycles. The van der Waals surface area contributed by atoms with Crippen molar-refractivity contribution >= 4 is 11.9 Å². The predicted molar refractivity (Wildman–Crippen MR) is 69.1 cm³/mol. The summed E-state index contributed by atoms with van der Waals surface area (Å²) < 4.78 is 50.8. The SMILES string of the molecule is Fc1ccc(NN=Cc2ccccc2C(F)(F)F)cc1. The Kier molecular flexibility index (Phi) is 4.02. The van der Waals surface area contributed by atoms with Crippen molar-refractivity contribution in [3.05, 3.63) is 65.5 Å². The number of nitrogens with one attached hydrogen (secondary N) is 1. The third-order valence-corrected chi connectivity index (χ3v) is 2.51. The maximum absolute atomic E-state index is 12.7. The number of hydrazone groups is 1. The molecule has 0 saturated carbocycles. The monoisotopic (exact) mass is 282 g/mol. The standard InChI is InChI=1S/C14H10F4N2/c15-11-5-7-12(8-6-11)20-19-9-10-3-1-2-4-13(10)14(16,17)18/h1-9,20H. The van der Waals surface area contributed by atoms with E-state index < -0.39 is 17.6 Å². The second kappa shape index (κ2) is 5.73. The van der Waals surface area contributed by atoms with Crippen LogP contribution in [0.2, 0.25) is 0 Å². The third kappa shape index (κ3) is 3.57. The molecule has 0 aliphatic carbocycles. The van der Waals surface area contributed by atoms with E-state index in [1.165, 1.54) is 42.5 Å². The number of rotatable bonds is 3. The van der Waals surface area contributed by atoms with Gasteiger partial charge in [-0.2, -0.15) is 18.3 Å². The Balaban J connectivity index is 2.14. The first-order chi connectivity index (χ1) is 9.47. The fourth-order valence-corrected chi connectivity index (χ4v) is 1.57. The van der Waals surface area contributed by atoms with Crippen molar-refractivity contribution in [1.29, 1.82) is 0 Å². The minimum absolute atomic E-state index is 0.0467. The number of hydrogen-bond donors (Lipinski definition) is 1. The molecule has 2 rings (SSSR count). The van der Waals surface area contributed by atoms with Crippen molar-refractivity contribution in [3.63, 3.8) is 0 Å². The number of benzene rings is 2. The smallest absolute Gasteiger partial charge is 0.279 e. The maximum Gasteiger partial charge on any atom is 0.417 e. The van der Waals surface area contributed by atoms with E-state index in [9.17, 15) is 17.6 Å². The summed E-state index contributed by atoms with van der Waals surface area (Å²) in [6.07, 6.45) is -3.36. The lowest BCUT2D eigenvalue weighted by atomic mass is 10.1. The third-order valence-electron chi connectivity index (χ3n) is 2.51. The van der Waals surface area contributed by atoms with Gasteiger partial charge in [0.25, 0.3) is 0 Å². The first-order valence-corrected chi connectivity index (χ1v) is 5.68. The number of alkyl halides is 3. The van der Waals surface area contributed by atoms with E-state index in [2.05, 4.69) is 10.5 Å². The van der Waals surface area contributed by atoms with Crippen molar-refractivity contribution < 1.29 is 17.6 Å². The molecule has 0 spiro atoms. The summed E-state index contributed by atoms with van der Waals surface area (Å²) >= 11 is 0. The fourth-order valence-electron chi connectivity index (χ4n) is 1.57. The molecule has 0 amide bonds. The second-order valence-electron chi connectivity index (χ2n) is 3.96. The molecule has 1 N–H and O–H groups in total. The van der Waals surface area contributed by atoms with Crippen LogP contribution in [0.15, 0.2) is 53.6 Å². The lowest BCUT2D eigenvalue weighted by Crippen LogP contribution is -2.08. The van der Waals surface area contributed by atoms with Crippen LogP contribution in [0.3, 0.4) is 0 Å². The van der Waals surface area contributed by atoms with Crippen LogP contribution in [-0.4, -0.2) is 6.21 Å². The number of anilines is 1. The summed E-state index contributed by atoms with van der Waals surface area (Å²) in [6, 6.07) is 10.4. The van der Waals surface area contributed by atoms with Crippen LogP contribution in [0, 0.1) is 5.82 Å². The van der Waals surface area contributed by atoms with Gasteiger partial charge >= 0.3 is 6.18 Å². The summed E-state index contributed by atoms with van der Waals surface area (Å²) in [5, 5.41) is 3.72. The van der Waals surface area contributed by atoms with Gasteiger partial charge in [0, 0.05) is 5.56 Å². The second-order valence-corrected chi connectivity index (χ2v) is 3.96. The van der Waals surface area contributed by atoms with Gasteiger partial charge in [-0.15, -0.1) is 0 Å². The molecule has 0 aliphatic heterocycles. The molecule has 2 nitrogen and oxygen atoms in total. The van der Waals surface area contributed by atoms with Crippen LogP contribution in [0.25, 0.3) is 0 Å². The van der Waals surface area contributed by atoms with Crippen LogP contribution >= 0.6 is 0 Å². The molecule has 2 aromatic rings. The van der Waals surface area contributed by atoms with E-state index in [1.807, 2.05) is 0 Å². The van der Waals surface area contributed by atoms with Crippen molar-refractivity contribution in [3.8, 4) is 0 Å². The number of nitrogens with zero attached hydrogens (tertiary/aromatic N) is 1. The van der Waals surface area contributed by atoms with Crippen LogP contribution < -0.4 is 5.43 Å². The highest BCUT2D eigenvalue weighted by atomic mass is 19.4. The van der Waals surface area contributed by atoms with Crippen LogP contribution in [0.5, 0.6) is 0 Å². The quantitative estimate of drug-likeness (QED) is 0.507. The van der Waals surface area contributed by atoms with Gasteiger partial charge in [-0.3, -0.25) is 5.43 Å². The van der Waals surface area contributed by atoms with E-state index in [4.69, 9.17) is 0 Å². The van der Waals surface area contributed by atoms with E-state index in [1.54, 1.807) is 0 Å². The van der Waals surface area contributed by atoms with Gasteiger partial charge in [0.1, 0.15) is 5.82 Å². The van der Waals surface area contributed by atoms with Crippen LogP contribution in [0.1, 0.15) is 11.1 Å². The maximum atomic E-state index is 12.7. The molecule has 0 heterocycles. The molecule has 0 unspecified atom stereocenters. The fraction of sp³-hybridized carbons (Fsp3) is 0.0714. The Bertz CT molecular complexity index is 603. The molecule has 0 fully saturated rings. The molecule has 0 bridgehead atoms. The van der Waals surface area contributed by atoms with Crippen LogP contribution in [-0.2, 0) is 6.18 Å². The normalized spacial score (nSPS) is 11.8. The summed E-state index contributed by atoms with van der Waals surface area (Å²) in [5.74, 6) is -0.401. The van der Waals surface area contributed by atoms with Gasteiger partial charge in [0.05, 0.1) is 17.5 Å². The van der Waals surface area contributed by atoms with Gasteiger partial charge < -0.3 is 0 Å². The predicted octanol–water partition coefficient (Wildman–Crippen LogP) is 4.29. The largest absolute Gasteiger partial charge is 0.417 e. The van der Waals surface area contributed by atoms with Gasteiger partial charge in [0.2, 0.25) is 0 Å². The zero-order valence-corrected chi connectivity index (χ0v) is 10.2. The highest BCUT2D eigenvalue weighted by molar-refractivity contribution is 5.82. The Morgan fingerprint density at radius 2 is 1.60 bits per heavy atom. The van der Waals surface area contributed by atoms with E-state index >= 15 is 0 Å². The molecule has 0 saturated heterocycles. The van der Waals surface area contributed by atoms with Gasteiger partial charge in [0.15, 0.2) is 0 Å². The molecule has 2 aromatic carbocycles. The number of hydrogen-bond acceptors (Lipinski definition) is 2. The highest BCUT2D eigenvalue weighted by Gasteiger charge is 2.32.